The van der Waals surface area contributed by atoms with Crippen molar-refractivity contribution in [2.24, 2.45) is 0 Å². The summed E-state index contributed by atoms with van der Waals surface area (Å²) < 4.78 is 26.2. The van der Waals surface area contributed by atoms with E-state index in [0.717, 1.165) is 37.8 Å². The molecular formula is C13H18F2N2O. The molecule has 2 rings (SSSR count). The molecule has 1 aliphatic heterocycles. The number of hydrogen-bond donors (Lipinski definition) is 2. The van der Waals surface area contributed by atoms with Crippen molar-refractivity contribution < 1.29 is 13.9 Å². The van der Waals surface area contributed by atoms with E-state index in [4.69, 9.17) is 5.11 Å². The van der Waals surface area contributed by atoms with E-state index in [1.807, 2.05) is 0 Å². The zero-order chi connectivity index (χ0) is 13.0. The molecule has 0 aliphatic carbocycles. The van der Waals surface area contributed by atoms with Crippen LogP contribution in [0.5, 0.6) is 0 Å². The van der Waals surface area contributed by atoms with Crippen molar-refractivity contribution in [3.63, 3.8) is 0 Å². The number of piperazine rings is 1. The van der Waals surface area contributed by atoms with E-state index in [1.54, 1.807) is 6.07 Å². The fourth-order valence-electron chi connectivity index (χ4n) is 2.40. The smallest absolute Gasteiger partial charge is 0.159 e. The summed E-state index contributed by atoms with van der Waals surface area (Å²) in [4.78, 5) is 2.19. The summed E-state index contributed by atoms with van der Waals surface area (Å²) in [7, 11) is 0. The predicted molar refractivity (Wildman–Crippen MR) is 65.2 cm³/mol. The quantitative estimate of drug-likeness (QED) is 0.852. The lowest BCUT2D eigenvalue weighted by atomic mass is 10.0. The summed E-state index contributed by atoms with van der Waals surface area (Å²) in [5, 5.41) is 12.4. The largest absolute Gasteiger partial charge is 0.396 e. The maximum absolute atomic E-state index is 13.3. The number of hydrogen-bond acceptors (Lipinski definition) is 3. The van der Waals surface area contributed by atoms with Crippen LogP contribution in [-0.2, 0) is 0 Å². The average Bonchev–Trinajstić information content (AvgIpc) is 2.40. The number of nitrogens with zero attached hydrogens (tertiary/aromatic N) is 1. The standard InChI is InChI=1S/C13H18F2N2O/c14-11-2-1-10(9-12(11)15)13(3-8-18)17-6-4-16-5-7-17/h1-2,9,13,16,18H,3-8H2/t13-/m1/s1. The Balaban J connectivity index is 2.19. The maximum atomic E-state index is 13.3. The van der Waals surface area contributed by atoms with Crippen LogP contribution >= 0.6 is 0 Å². The van der Waals surface area contributed by atoms with Crippen LogP contribution in [0.1, 0.15) is 18.0 Å². The van der Waals surface area contributed by atoms with Gasteiger partial charge in [0, 0.05) is 38.8 Å². The minimum Gasteiger partial charge on any atom is -0.396 e. The molecule has 5 heteroatoms. The molecule has 0 spiro atoms. The van der Waals surface area contributed by atoms with Crippen LogP contribution in [0.3, 0.4) is 0 Å². The maximum Gasteiger partial charge on any atom is 0.159 e. The molecule has 1 heterocycles. The highest BCUT2D eigenvalue weighted by Crippen LogP contribution is 2.25. The molecule has 0 unspecified atom stereocenters. The Labute approximate surface area is 105 Å². The van der Waals surface area contributed by atoms with Gasteiger partial charge in [0.2, 0.25) is 0 Å². The zero-order valence-corrected chi connectivity index (χ0v) is 10.2. The van der Waals surface area contributed by atoms with E-state index in [-0.39, 0.29) is 12.6 Å². The fourth-order valence-corrected chi connectivity index (χ4v) is 2.40. The second-order valence-electron chi connectivity index (χ2n) is 4.49. The van der Waals surface area contributed by atoms with Gasteiger partial charge in [-0.1, -0.05) is 6.07 Å². The molecule has 1 aromatic rings. The molecule has 1 atom stereocenters. The molecule has 1 fully saturated rings. The van der Waals surface area contributed by atoms with Gasteiger partial charge < -0.3 is 10.4 Å². The fraction of sp³-hybridized carbons (Fsp3) is 0.538. The number of nitrogens with one attached hydrogen (secondary N) is 1. The summed E-state index contributed by atoms with van der Waals surface area (Å²) in [6.45, 7) is 3.50. The third-order valence-electron chi connectivity index (χ3n) is 3.32. The van der Waals surface area contributed by atoms with Gasteiger partial charge in [0.1, 0.15) is 0 Å². The molecule has 1 aliphatic rings. The average molecular weight is 256 g/mol. The van der Waals surface area contributed by atoms with Gasteiger partial charge in [0.05, 0.1) is 0 Å². The van der Waals surface area contributed by atoms with Crippen LogP contribution in [0.15, 0.2) is 18.2 Å². The van der Waals surface area contributed by atoms with E-state index in [9.17, 15) is 8.78 Å². The monoisotopic (exact) mass is 256 g/mol. The summed E-state index contributed by atoms with van der Waals surface area (Å²) >= 11 is 0. The molecule has 1 saturated heterocycles. The molecule has 0 saturated carbocycles. The summed E-state index contributed by atoms with van der Waals surface area (Å²) in [6.07, 6.45) is 0.533. The lowest BCUT2D eigenvalue weighted by molar-refractivity contribution is 0.141. The number of rotatable bonds is 4. The van der Waals surface area contributed by atoms with Gasteiger partial charge in [0.15, 0.2) is 11.6 Å². The normalized spacial score (nSPS) is 18.8. The molecule has 2 N–H and O–H groups in total. The first-order valence-electron chi connectivity index (χ1n) is 6.23. The Bertz CT molecular complexity index is 395. The molecule has 0 radical (unpaired) electrons. The highest BCUT2D eigenvalue weighted by Gasteiger charge is 2.22. The zero-order valence-electron chi connectivity index (χ0n) is 10.2. The second kappa shape index (κ2) is 6.22. The van der Waals surface area contributed by atoms with Gasteiger partial charge in [-0.2, -0.15) is 0 Å². The SMILES string of the molecule is OCC[C@H](c1ccc(F)c(F)c1)N1CCNCC1. The summed E-state index contributed by atoms with van der Waals surface area (Å²) in [6, 6.07) is 3.93. The van der Waals surface area contributed by atoms with Crippen molar-refractivity contribution in [1.82, 2.24) is 10.2 Å². The van der Waals surface area contributed by atoms with Gasteiger partial charge in [-0.15, -0.1) is 0 Å². The highest BCUT2D eigenvalue weighted by atomic mass is 19.2. The van der Waals surface area contributed by atoms with E-state index in [2.05, 4.69) is 10.2 Å². The third kappa shape index (κ3) is 3.04. The molecule has 1 aromatic carbocycles. The Morgan fingerprint density at radius 2 is 1.94 bits per heavy atom. The van der Waals surface area contributed by atoms with Crippen LogP contribution < -0.4 is 5.32 Å². The molecule has 0 aromatic heterocycles. The van der Waals surface area contributed by atoms with Crippen LogP contribution in [0.2, 0.25) is 0 Å². The van der Waals surface area contributed by atoms with Crippen molar-refractivity contribution in [2.75, 3.05) is 32.8 Å². The Morgan fingerprint density at radius 1 is 1.22 bits per heavy atom. The van der Waals surface area contributed by atoms with Gasteiger partial charge >= 0.3 is 0 Å². The van der Waals surface area contributed by atoms with E-state index < -0.39 is 11.6 Å². The van der Waals surface area contributed by atoms with Gasteiger partial charge in [-0.05, 0) is 24.1 Å². The Hall–Kier alpha value is -1.04. The molecule has 100 valence electrons. The minimum absolute atomic E-state index is 0.0353. The van der Waals surface area contributed by atoms with Crippen LogP contribution in [0.25, 0.3) is 0 Å². The van der Waals surface area contributed by atoms with Crippen molar-refractivity contribution in [3.05, 3.63) is 35.4 Å². The topological polar surface area (TPSA) is 35.5 Å². The Morgan fingerprint density at radius 3 is 2.56 bits per heavy atom. The number of aliphatic hydroxyl groups excluding tert-OH is 1. The van der Waals surface area contributed by atoms with Crippen LogP contribution in [0, 0.1) is 11.6 Å². The van der Waals surface area contributed by atoms with Crippen molar-refractivity contribution >= 4 is 0 Å². The molecule has 18 heavy (non-hydrogen) atoms. The molecule has 0 amide bonds. The minimum atomic E-state index is -0.832. The first-order valence-corrected chi connectivity index (χ1v) is 6.23. The summed E-state index contributed by atoms with van der Waals surface area (Å²) in [5.41, 5.74) is 0.727. The van der Waals surface area contributed by atoms with Crippen molar-refractivity contribution in [1.29, 1.82) is 0 Å². The third-order valence-corrected chi connectivity index (χ3v) is 3.32. The number of benzene rings is 1. The van der Waals surface area contributed by atoms with Gasteiger partial charge in [-0.3, -0.25) is 4.90 Å². The Kier molecular flexibility index (Phi) is 4.63. The highest BCUT2D eigenvalue weighted by molar-refractivity contribution is 5.21. The second-order valence-corrected chi connectivity index (χ2v) is 4.49. The first kappa shape index (κ1) is 13.4. The number of aliphatic hydroxyl groups is 1. The van der Waals surface area contributed by atoms with E-state index in [0.29, 0.717) is 6.42 Å². The van der Waals surface area contributed by atoms with E-state index >= 15 is 0 Å². The van der Waals surface area contributed by atoms with Crippen LogP contribution in [0.4, 0.5) is 8.78 Å². The first-order chi connectivity index (χ1) is 8.72. The lowest BCUT2D eigenvalue weighted by Gasteiger charge is -2.35. The van der Waals surface area contributed by atoms with Gasteiger partial charge in [0.25, 0.3) is 0 Å². The molecule has 3 nitrogen and oxygen atoms in total. The van der Waals surface area contributed by atoms with Gasteiger partial charge in [-0.25, -0.2) is 8.78 Å². The molecule has 0 bridgehead atoms. The predicted octanol–water partition coefficient (Wildman–Crippen LogP) is 1.29. The van der Waals surface area contributed by atoms with Crippen LogP contribution in [-0.4, -0.2) is 42.8 Å². The van der Waals surface area contributed by atoms with E-state index in [1.165, 1.54) is 6.07 Å². The molecular weight excluding hydrogens is 238 g/mol. The van der Waals surface area contributed by atoms with Crippen molar-refractivity contribution in [2.45, 2.75) is 12.5 Å². The van der Waals surface area contributed by atoms with Crippen molar-refractivity contribution in [3.8, 4) is 0 Å². The number of halogens is 2. The summed E-state index contributed by atoms with van der Waals surface area (Å²) in [5.74, 6) is -1.66. The lowest BCUT2D eigenvalue weighted by Crippen LogP contribution is -2.45.